The lowest BCUT2D eigenvalue weighted by Crippen LogP contribution is -2.39. The Morgan fingerprint density at radius 2 is 2.20 bits per heavy atom. The maximum Gasteiger partial charge on any atom is 0.223 e. The molecule has 0 aromatic carbocycles. The Morgan fingerprint density at radius 1 is 1.47 bits per heavy atom. The first kappa shape index (κ1) is 12.2. The first-order valence-corrected chi connectivity index (χ1v) is 5.88. The molecular weight excluding hydrogens is 188 g/mol. The molecule has 0 aromatic heterocycles. The fourth-order valence-corrected chi connectivity index (χ4v) is 2.26. The zero-order valence-electron chi connectivity index (χ0n) is 9.37. The molecule has 1 rings (SSSR count). The van der Waals surface area contributed by atoms with E-state index < -0.39 is 0 Å². The Labute approximate surface area is 92.1 Å². The number of carbonyl (C=O) groups excluding carboxylic acids is 1. The maximum absolute atomic E-state index is 11.8. The highest BCUT2D eigenvalue weighted by molar-refractivity contribution is 5.79. The molecule has 0 aromatic rings. The molecule has 0 saturated heterocycles. The van der Waals surface area contributed by atoms with Crippen molar-refractivity contribution in [3.63, 3.8) is 0 Å². The van der Waals surface area contributed by atoms with Gasteiger partial charge >= 0.3 is 0 Å². The van der Waals surface area contributed by atoms with Crippen LogP contribution < -0.4 is 11.1 Å². The van der Waals surface area contributed by atoms with Crippen LogP contribution in [-0.4, -0.2) is 19.0 Å². The van der Waals surface area contributed by atoms with E-state index in [1.165, 1.54) is 6.42 Å². The molecule has 1 fully saturated rings. The van der Waals surface area contributed by atoms with Crippen molar-refractivity contribution in [1.29, 1.82) is 0 Å². The summed E-state index contributed by atoms with van der Waals surface area (Å²) >= 11 is 0. The molecule has 2 unspecified atom stereocenters. The zero-order chi connectivity index (χ0) is 11.1. The van der Waals surface area contributed by atoms with Crippen molar-refractivity contribution in [2.24, 2.45) is 17.6 Å². The molecule has 3 N–H and O–H groups in total. The molecule has 0 aliphatic heterocycles. The van der Waals surface area contributed by atoms with Crippen molar-refractivity contribution in [2.75, 3.05) is 13.1 Å². The summed E-state index contributed by atoms with van der Waals surface area (Å²) in [5, 5.41) is 2.95. The van der Waals surface area contributed by atoms with Gasteiger partial charge in [-0.2, -0.15) is 0 Å². The Morgan fingerprint density at radius 3 is 2.87 bits per heavy atom. The quantitative estimate of drug-likeness (QED) is 0.533. The van der Waals surface area contributed by atoms with Crippen molar-refractivity contribution < 1.29 is 4.79 Å². The maximum atomic E-state index is 11.8. The third-order valence-corrected chi connectivity index (χ3v) is 3.20. The lowest BCUT2D eigenvalue weighted by Gasteiger charge is -2.29. The van der Waals surface area contributed by atoms with Gasteiger partial charge in [0.1, 0.15) is 0 Å². The molecule has 3 heteroatoms. The van der Waals surface area contributed by atoms with Crippen LogP contribution in [0, 0.1) is 11.8 Å². The van der Waals surface area contributed by atoms with Gasteiger partial charge in [0.15, 0.2) is 0 Å². The van der Waals surface area contributed by atoms with Gasteiger partial charge in [-0.05, 0) is 31.7 Å². The molecule has 3 nitrogen and oxygen atoms in total. The minimum Gasteiger partial charge on any atom is -0.356 e. The van der Waals surface area contributed by atoms with Gasteiger partial charge in [-0.1, -0.05) is 18.9 Å². The van der Waals surface area contributed by atoms with Gasteiger partial charge < -0.3 is 11.1 Å². The molecule has 1 saturated carbocycles. The molecule has 0 heterocycles. The van der Waals surface area contributed by atoms with E-state index in [-0.39, 0.29) is 11.8 Å². The SMILES string of the molecule is C=CCCNC(=O)C1CCCCC1CN. The molecule has 86 valence electrons. The van der Waals surface area contributed by atoms with E-state index >= 15 is 0 Å². The first-order valence-electron chi connectivity index (χ1n) is 5.88. The van der Waals surface area contributed by atoms with E-state index in [0.717, 1.165) is 25.7 Å². The fourth-order valence-electron chi connectivity index (χ4n) is 2.26. The first-order chi connectivity index (χ1) is 7.29. The van der Waals surface area contributed by atoms with Crippen LogP contribution in [0.3, 0.4) is 0 Å². The van der Waals surface area contributed by atoms with Gasteiger partial charge in [0, 0.05) is 12.5 Å². The van der Waals surface area contributed by atoms with Gasteiger partial charge in [-0.15, -0.1) is 6.58 Å². The normalized spacial score (nSPS) is 25.9. The molecule has 1 aliphatic carbocycles. The van der Waals surface area contributed by atoms with E-state index in [1.54, 1.807) is 0 Å². The van der Waals surface area contributed by atoms with Crippen molar-refractivity contribution in [1.82, 2.24) is 5.32 Å². The van der Waals surface area contributed by atoms with Crippen molar-refractivity contribution in [2.45, 2.75) is 32.1 Å². The Bertz CT molecular complexity index is 216. The van der Waals surface area contributed by atoms with Crippen molar-refractivity contribution >= 4 is 5.91 Å². The summed E-state index contributed by atoms with van der Waals surface area (Å²) in [6.45, 7) is 4.97. The van der Waals surface area contributed by atoms with E-state index in [4.69, 9.17) is 5.73 Å². The highest BCUT2D eigenvalue weighted by Crippen LogP contribution is 2.29. The number of nitrogens with two attached hydrogens (primary N) is 1. The summed E-state index contributed by atoms with van der Waals surface area (Å²) in [6.07, 6.45) is 7.15. The smallest absolute Gasteiger partial charge is 0.223 e. The van der Waals surface area contributed by atoms with Gasteiger partial charge in [0.05, 0.1) is 0 Å². The second-order valence-electron chi connectivity index (χ2n) is 4.26. The van der Waals surface area contributed by atoms with Crippen LogP contribution in [0.25, 0.3) is 0 Å². The minimum atomic E-state index is 0.147. The second kappa shape index (κ2) is 6.62. The third-order valence-electron chi connectivity index (χ3n) is 3.20. The molecule has 0 radical (unpaired) electrons. The molecule has 1 amide bonds. The molecule has 0 spiro atoms. The van der Waals surface area contributed by atoms with Crippen LogP contribution in [-0.2, 0) is 4.79 Å². The van der Waals surface area contributed by atoms with Crippen LogP contribution in [0.4, 0.5) is 0 Å². The summed E-state index contributed by atoms with van der Waals surface area (Å²) in [7, 11) is 0. The Kier molecular flexibility index (Phi) is 5.40. The van der Waals surface area contributed by atoms with E-state index in [2.05, 4.69) is 11.9 Å². The molecule has 2 atom stereocenters. The van der Waals surface area contributed by atoms with Crippen LogP contribution >= 0.6 is 0 Å². The van der Waals surface area contributed by atoms with Gasteiger partial charge in [0.25, 0.3) is 0 Å². The Balaban J connectivity index is 2.37. The largest absolute Gasteiger partial charge is 0.356 e. The second-order valence-corrected chi connectivity index (χ2v) is 4.26. The molecular formula is C12H22N2O. The molecule has 15 heavy (non-hydrogen) atoms. The minimum absolute atomic E-state index is 0.147. The van der Waals surface area contributed by atoms with Crippen LogP contribution in [0.2, 0.25) is 0 Å². The van der Waals surface area contributed by atoms with Crippen molar-refractivity contribution in [3.05, 3.63) is 12.7 Å². The highest BCUT2D eigenvalue weighted by Gasteiger charge is 2.29. The summed E-state index contributed by atoms with van der Waals surface area (Å²) in [5.41, 5.74) is 5.69. The monoisotopic (exact) mass is 210 g/mol. The number of hydrogen-bond acceptors (Lipinski definition) is 2. The number of hydrogen-bond donors (Lipinski definition) is 2. The number of nitrogens with one attached hydrogen (secondary N) is 1. The summed E-state index contributed by atoms with van der Waals surface area (Å²) in [4.78, 5) is 11.8. The lowest BCUT2D eigenvalue weighted by molar-refractivity contribution is -0.127. The van der Waals surface area contributed by atoms with Gasteiger partial charge in [-0.25, -0.2) is 0 Å². The predicted molar refractivity (Wildman–Crippen MR) is 62.3 cm³/mol. The Hall–Kier alpha value is -0.830. The van der Waals surface area contributed by atoms with Crippen LogP contribution in [0.5, 0.6) is 0 Å². The topological polar surface area (TPSA) is 55.1 Å². The number of rotatable bonds is 5. The van der Waals surface area contributed by atoms with Crippen molar-refractivity contribution in [3.8, 4) is 0 Å². The number of carbonyl (C=O) groups is 1. The van der Waals surface area contributed by atoms with Gasteiger partial charge in [-0.3, -0.25) is 4.79 Å². The lowest BCUT2D eigenvalue weighted by atomic mass is 9.79. The van der Waals surface area contributed by atoms with E-state index in [0.29, 0.717) is 19.0 Å². The summed E-state index contributed by atoms with van der Waals surface area (Å²) in [5.74, 6) is 0.725. The van der Waals surface area contributed by atoms with E-state index in [1.807, 2.05) is 6.08 Å². The third kappa shape index (κ3) is 3.67. The number of amides is 1. The summed E-state index contributed by atoms with van der Waals surface area (Å²) < 4.78 is 0. The average molecular weight is 210 g/mol. The van der Waals surface area contributed by atoms with Crippen LogP contribution in [0.15, 0.2) is 12.7 Å². The zero-order valence-corrected chi connectivity index (χ0v) is 9.37. The predicted octanol–water partition coefficient (Wildman–Crippen LogP) is 1.44. The molecule has 0 bridgehead atoms. The van der Waals surface area contributed by atoms with Gasteiger partial charge in [0.2, 0.25) is 5.91 Å². The fraction of sp³-hybridized carbons (Fsp3) is 0.750. The molecule has 1 aliphatic rings. The van der Waals surface area contributed by atoms with E-state index in [9.17, 15) is 4.79 Å². The average Bonchev–Trinajstić information content (AvgIpc) is 2.29. The summed E-state index contributed by atoms with van der Waals surface area (Å²) in [6, 6.07) is 0. The standard InChI is InChI=1S/C12H22N2O/c1-2-3-8-14-12(15)11-7-5-4-6-10(11)9-13/h2,10-11H,1,3-9,13H2,(H,14,15). The van der Waals surface area contributed by atoms with Crippen LogP contribution in [0.1, 0.15) is 32.1 Å². The highest BCUT2D eigenvalue weighted by atomic mass is 16.1.